The molecular formula is C23H44NO4PS. The van der Waals surface area contributed by atoms with Crippen LogP contribution < -0.4 is 0 Å². The minimum absolute atomic E-state index is 0.0833. The standard InChI is InChI=1S/C14H22NO3PS.C7H16O.C2H6/c1-12-4-6-14(7-5-12)20(16,17)18-10-2-3-13-8-9-15(19)11-13;1-4-6(3)7(8)5-2;1-2/h4-7,13H,2-3,8-11,19H2,1H3;6-8H,4-5H2,1-3H3;1-2H3/t13-;6-,7?;/m01./s1. The SMILES string of the molecule is CC.CCC(O)[C@H](C)CC.Cc1ccc(S(=O)(=O)OCCC[C@H]2CCN(P)C2)cc1. The molecule has 7 heteroatoms. The molecule has 1 N–H and O–H groups in total. The Labute approximate surface area is 188 Å². The van der Waals surface area contributed by atoms with E-state index in [1.54, 1.807) is 24.3 Å². The summed E-state index contributed by atoms with van der Waals surface area (Å²) in [6.45, 7) is 14.6. The summed E-state index contributed by atoms with van der Waals surface area (Å²) in [4.78, 5) is 0.236. The molecule has 0 aromatic heterocycles. The number of nitrogens with zero attached hydrogens (tertiary/aromatic N) is 1. The third-order valence-corrected chi connectivity index (χ3v) is 7.14. The molecule has 0 bridgehead atoms. The Morgan fingerprint density at radius 3 is 2.23 bits per heavy atom. The maximum atomic E-state index is 12.0. The summed E-state index contributed by atoms with van der Waals surface area (Å²) in [7, 11) is -0.880. The van der Waals surface area contributed by atoms with E-state index in [0.29, 0.717) is 11.8 Å². The molecule has 1 aromatic rings. The highest BCUT2D eigenvalue weighted by atomic mass is 32.2. The fourth-order valence-corrected chi connectivity index (χ4v) is 4.48. The largest absolute Gasteiger partial charge is 0.393 e. The van der Waals surface area contributed by atoms with Crippen molar-refractivity contribution in [1.82, 2.24) is 4.67 Å². The summed E-state index contributed by atoms with van der Waals surface area (Å²) in [6, 6.07) is 6.74. The van der Waals surface area contributed by atoms with Gasteiger partial charge in [0, 0.05) is 13.1 Å². The molecule has 1 heterocycles. The summed E-state index contributed by atoms with van der Waals surface area (Å²) in [5.41, 5.74) is 1.03. The van der Waals surface area contributed by atoms with Crippen LogP contribution in [0.5, 0.6) is 0 Å². The van der Waals surface area contributed by atoms with Gasteiger partial charge in [-0.15, -0.1) is 0 Å². The molecule has 30 heavy (non-hydrogen) atoms. The zero-order valence-electron chi connectivity index (χ0n) is 19.8. The first kappa shape index (κ1) is 29.5. The van der Waals surface area contributed by atoms with Gasteiger partial charge in [-0.25, -0.2) is 0 Å². The molecule has 0 radical (unpaired) electrons. The maximum absolute atomic E-state index is 12.0. The van der Waals surface area contributed by atoms with Crippen LogP contribution in [0.4, 0.5) is 0 Å². The van der Waals surface area contributed by atoms with Gasteiger partial charge < -0.3 is 5.11 Å². The Bertz CT molecular complexity index is 644. The van der Waals surface area contributed by atoms with Gasteiger partial charge in [0.05, 0.1) is 17.6 Å². The van der Waals surface area contributed by atoms with Gasteiger partial charge in [0.15, 0.2) is 0 Å². The number of benzene rings is 1. The third kappa shape index (κ3) is 11.8. The molecule has 4 atom stereocenters. The molecule has 1 fully saturated rings. The van der Waals surface area contributed by atoms with E-state index in [1.807, 2.05) is 27.7 Å². The van der Waals surface area contributed by atoms with Gasteiger partial charge in [0.2, 0.25) is 0 Å². The molecule has 176 valence electrons. The van der Waals surface area contributed by atoms with E-state index < -0.39 is 10.1 Å². The van der Waals surface area contributed by atoms with Crippen molar-refractivity contribution < 1.29 is 17.7 Å². The van der Waals surface area contributed by atoms with E-state index in [1.165, 1.54) is 6.42 Å². The lowest BCUT2D eigenvalue weighted by Crippen LogP contribution is -2.14. The van der Waals surface area contributed by atoms with Crippen molar-refractivity contribution in [3.63, 3.8) is 0 Å². The van der Waals surface area contributed by atoms with E-state index in [2.05, 4.69) is 27.9 Å². The van der Waals surface area contributed by atoms with Crippen molar-refractivity contribution in [2.24, 2.45) is 11.8 Å². The second-order valence-electron chi connectivity index (χ2n) is 7.74. The van der Waals surface area contributed by atoms with E-state index in [-0.39, 0.29) is 17.6 Å². The normalized spacial score (nSPS) is 18.6. The topological polar surface area (TPSA) is 66.8 Å². The van der Waals surface area contributed by atoms with Crippen molar-refractivity contribution in [2.75, 3.05) is 19.7 Å². The molecule has 1 aliphatic heterocycles. The Balaban J connectivity index is 0.000000712. The van der Waals surface area contributed by atoms with Crippen molar-refractivity contribution >= 4 is 19.5 Å². The molecule has 0 aliphatic carbocycles. The quantitative estimate of drug-likeness (QED) is 0.302. The summed E-state index contributed by atoms with van der Waals surface area (Å²) < 4.78 is 31.2. The first-order chi connectivity index (χ1) is 14.2. The fourth-order valence-electron chi connectivity index (χ4n) is 3.09. The Morgan fingerprint density at radius 2 is 1.80 bits per heavy atom. The smallest absolute Gasteiger partial charge is 0.296 e. The molecule has 5 nitrogen and oxygen atoms in total. The lowest BCUT2D eigenvalue weighted by molar-refractivity contribution is 0.111. The second kappa shape index (κ2) is 16.2. The van der Waals surface area contributed by atoms with Crippen LogP contribution in [0.1, 0.15) is 72.3 Å². The van der Waals surface area contributed by atoms with Gasteiger partial charge in [0.25, 0.3) is 10.1 Å². The number of hydrogen-bond acceptors (Lipinski definition) is 5. The fraction of sp³-hybridized carbons (Fsp3) is 0.739. The Kier molecular flexibility index (Phi) is 15.9. The van der Waals surface area contributed by atoms with Crippen molar-refractivity contribution in [3.8, 4) is 0 Å². The van der Waals surface area contributed by atoms with E-state index in [0.717, 1.165) is 44.3 Å². The van der Waals surface area contributed by atoms with Crippen molar-refractivity contribution in [2.45, 2.75) is 84.6 Å². The summed E-state index contributed by atoms with van der Waals surface area (Å²) >= 11 is 0. The van der Waals surface area contributed by atoms with Crippen LogP contribution in [0.3, 0.4) is 0 Å². The van der Waals surface area contributed by atoms with Crippen LogP contribution in [0.15, 0.2) is 29.2 Å². The third-order valence-electron chi connectivity index (χ3n) is 5.34. The minimum atomic E-state index is -3.60. The van der Waals surface area contributed by atoms with Crippen LogP contribution in [0.2, 0.25) is 0 Å². The average molecular weight is 462 g/mol. The predicted octanol–water partition coefficient (Wildman–Crippen LogP) is 5.42. The molecular weight excluding hydrogens is 417 g/mol. The monoisotopic (exact) mass is 461 g/mol. The highest BCUT2D eigenvalue weighted by molar-refractivity contribution is 7.86. The Hall–Kier alpha value is -0.520. The van der Waals surface area contributed by atoms with Crippen LogP contribution in [-0.2, 0) is 14.3 Å². The summed E-state index contributed by atoms with van der Waals surface area (Å²) in [5.74, 6) is 1.14. The zero-order chi connectivity index (χ0) is 23.2. The van der Waals surface area contributed by atoms with Crippen molar-refractivity contribution in [3.05, 3.63) is 29.8 Å². The molecule has 1 aromatic carbocycles. The lowest BCUT2D eigenvalue weighted by Gasteiger charge is -2.13. The average Bonchev–Trinajstić information content (AvgIpc) is 3.17. The van der Waals surface area contributed by atoms with Crippen LogP contribution in [0.25, 0.3) is 0 Å². The minimum Gasteiger partial charge on any atom is -0.393 e. The van der Waals surface area contributed by atoms with Gasteiger partial charge in [0.1, 0.15) is 0 Å². The van der Waals surface area contributed by atoms with Gasteiger partial charge in [-0.1, -0.05) is 68.1 Å². The molecule has 1 aliphatic rings. The van der Waals surface area contributed by atoms with Crippen LogP contribution in [0, 0.1) is 18.8 Å². The maximum Gasteiger partial charge on any atom is 0.296 e. The first-order valence-electron chi connectivity index (χ1n) is 11.3. The molecule has 0 spiro atoms. The molecule has 2 unspecified atom stereocenters. The number of aliphatic hydroxyl groups is 1. The summed E-state index contributed by atoms with van der Waals surface area (Å²) in [6.07, 6.45) is 4.88. The molecule has 0 saturated carbocycles. The van der Waals surface area contributed by atoms with E-state index >= 15 is 0 Å². The van der Waals surface area contributed by atoms with Gasteiger partial charge >= 0.3 is 0 Å². The number of aryl methyl sites for hydroxylation is 1. The summed E-state index contributed by atoms with van der Waals surface area (Å²) in [5, 5.41) is 9.13. The number of aliphatic hydroxyl groups excluding tert-OH is 1. The second-order valence-corrected chi connectivity index (χ2v) is 10.1. The first-order valence-corrected chi connectivity index (χ1v) is 13.3. The molecule has 2 rings (SSSR count). The highest BCUT2D eigenvalue weighted by Crippen LogP contribution is 2.23. The van der Waals surface area contributed by atoms with Gasteiger partial charge in [-0.2, -0.15) is 8.42 Å². The van der Waals surface area contributed by atoms with Gasteiger partial charge in [-0.3, -0.25) is 8.85 Å². The van der Waals surface area contributed by atoms with Crippen molar-refractivity contribution in [1.29, 1.82) is 0 Å². The molecule has 1 saturated heterocycles. The molecule has 0 amide bonds. The number of hydrogen-bond donors (Lipinski definition) is 1. The van der Waals surface area contributed by atoms with Crippen LogP contribution >= 0.6 is 9.39 Å². The number of rotatable bonds is 9. The van der Waals surface area contributed by atoms with E-state index in [9.17, 15) is 8.42 Å². The zero-order valence-corrected chi connectivity index (χ0v) is 21.8. The Morgan fingerprint density at radius 1 is 1.20 bits per heavy atom. The predicted molar refractivity (Wildman–Crippen MR) is 130 cm³/mol. The van der Waals surface area contributed by atoms with Gasteiger partial charge in [-0.05, 0) is 56.6 Å². The lowest BCUT2D eigenvalue weighted by atomic mass is 10.0. The van der Waals surface area contributed by atoms with Crippen LogP contribution in [-0.4, -0.2) is 44.0 Å². The van der Waals surface area contributed by atoms with E-state index in [4.69, 9.17) is 9.29 Å². The highest BCUT2D eigenvalue weighted by Gasteiger charge is 2.20.